The molecule has 0 spiro atoms. The van der Waals surface area contributed by atoms with Crippen molar-refractivity contribution < 1.29 is 19.1 Å². The summed E-state index contributed by atoms with van der Waals surface area (Å²) in [6.07, 6.45) is 0.156. The van der Waals surface area contributed by atoms with Gasteiger partial charge in [0.15, 0.2) is 17.3 Å². The summed E-state index contributed by atoms with van der Waals surface area (Å²) in [6, 6.07) is 10.6. The summed E-state index contributed by atoms with van der Waals surface area (Å²) in [5, 5.41) is 2.79. The molecule has 1 amide bonds. The Kier molecular flexibility index (Phi) is 4.85. The number of anilines is 1. The third kappa shape index (κ3) is 3.59. The molecule has 0 saturated carbocycles. The highest BCUT2D eigenvalue weighted by molar-refractivity contribution is 9.10. The van der Waals surface area contributed by atoms with E-state index in [-0.39, 0.29) is 18.1 Å². The standard InChI is InChI=1S/C18H16BrNO4/c1-11(21)13-4-2-3-5-15(13)20-18(22)9-12-8-16-17(10-14(12)19)24-7-6-23-16/h2-5,8,10H,6-7,9H2,1H3,(H,20,22). The third-order valence-electron chi connectivity index (χ3n) is 3.64. The molecule has 6 heteroatoms. The van der Waals surface area contributed by atoms with Crippen molar-refractivity contribution in [3.63, 3.8) is 0 Å². The van der Waals surface area contributed by atoms with Gasteiger partial charge in [-0.1, -0.05) is 28.1 Å². The molecular weight excluding hydrogens is 374 g/mol. The number of carbonyl (C=O) groups is 2. The quantitative estimate of drug-likeness (QED) is 0.811. The predicted molar refractivity (Wildman–Crippen MR) is 93.9 cm³/mol. The molecule has 0 aliphatic carbocycles. The maximum atomic E-state index is 12.4. The van der Waals surface area contributed by atoms with Crippen LogP contribution in [0.15, 0.2) is 40.9 Å². The number of Topliss-reactive ketones (excluding diaryl/α,β-unsaturated/α-hetero) is 1. The molecule has 2 aromatic rings. The molecule has 5 nitrogen and oxygen atoms in total. The van der Waals surface area contributed by atoms with E-state index in [1.165, 1.54) is 6.92 Å². The second kappa shape index (κ2) is 7.05. The number of amides is 1. The number of halogens is 1. The van der Waals surface area contributed by atoms with Gasteiger partial charge in [0.05, 0.1) is 12.1 Å². The van der Waals surface area contributed by atoms with Crippen LogP contribution in [0.5, 0.6) is 11.5 Å². The topological polar surface area (TPSA) is 64.6 Å². The Morgan fingerprint density at radius 2 is 1.79 bits per heavy atom. The number of nitrogens with one attached hydrogen (secondary N) is 1. The smallest absolute Gasteiger partial charge is 0.228 e. The number of hydrogen-bond acceptors (Lipinski definition) is 4. The van der Waals surface area contributed by atoms with Gasteiger partial charge in [-0.2, -0.15) is 0 Å². The van der Waals surface area contributed by atoms with Crippen LogP contribution in [0.4, 0.5) is 5.69 Å². The van der Waals surface area contributed by atoms with Gasteiger partial charge in [-0.05, 0) is 36.8 Å². The Morgan fingerprint density at radius 3 is 2.50 bits per heavy atom. The second-order valence-corrected chi connectivity index (χ2v) is 6.27. The molecule has 1 N–H and O–H groups in total. The molecule has 0 atom stereocenters. The SMILES string of the molecule is CC(=O)c1ccccc1NC(=O)Cc1cc2c(cc1Br)OCCO2. The Hall–Kier alpha value is -2.34. The van der Waals surface area contributed by atoms with E-state index >= 15 is 0 Å². The first-order valence-corrected chi connectivity index (χ1v) is 8.31. The molecule has 0 radical (unpaired) electrons. The van der Waals surface area contributed by atoms with Gasteiger partial charge in [-0.15, -0.1) is 0 Å². The van der Waals surface area contributed by atoms with E-state index in [4.69, 9.17) is 9.47 Å². The van der Waals surface area contributed by atoms with Gasteiger partial charge in [0.1, 0.15) is 13.2 Å². The van der Waals surface area contributed by atoms with E-state index in [1.54, 1.807) is 36.4 Å². The van der Waals surface area contributed by atoms with Crippen LogP contribution in [0.3, 0.4) is 0 Å². The van der Waals surface area contributed by atoms with Gasteiger partial charge in [-0.3, -0.25) is 9.59 Å². The zero-order valence-electron chi connectivity index (χ0n) is 13.1. The summed E-state index contributed by atoms with van der Waals surface area (Å²) in [6.45, 7) is 2.48. The molecular formula is C18H16BrNO4. The van der Waals surface area contributed by atoms with Crippen LogP contribution in [0.1, 0.15) is 22.8 Å². The maximum Gasteiger partial charge on any atom is 0.228 e. The maximum absolute atomic E-state index is 12.4. The number of carbonyl (C=O) groups excluding carboxylic acids is 2. The van der Waals surface area contributed by atoms with E-state index in [1.807, 2.05) is 0 Å². The molecule has 0 fully saturated rings. The van der Waals surface area contributed by atoms with Crippen molar-refractivity contribution >= 4 is 33.3 Å². The molecule has 3 rings (SSSR count). The van der Waals surface area contributed by atoms with Crippen molar-refractivity contribution in [2.75, 3.05) is 18.5 Å². The Balaban J connectivity index is 1.77. The molecule has 0 unspecified atom stereocenters. The number of ether oxygens (including phenoxy) is 2. The van der Waals surface area contributed by atoms with Crippen LogP contribution < -0.4 is 14.8 Å². The van der Waals surface area contributed by atoms with Crippen molar-refractivity contribution in [1.82, 2.24) is 0 Å². The highest BCUT2D eigenvalue weighted by Gasteiger charge is 2.17. The monoisotopic (exact) mass is 389 g/mol. The van der Waals surface area contributed by atoms with E-state index in [2.05, 4.69) is 21.2 Å². The number of hydrogen-bond donors (Lipinski definition) is 1. The van der Waals surface area contributed by atoms with Gasteiger partial charge in [0.2, 0.25) is 5.91 Å². The molecule has 124 valence electrons. The molecule has 0 bridgehead atoms. The van der Waals surface area contributed by atoms with Crippen molar-refractivity contribution in [3.05, 3.63) is 52.0 Å². The summed E-state index contributed by atoms with van der Waals surface area (Å²) in [5.41, 5.74) is 1.80. The lowest BCUT2D eigenvalue weighted by Crippen LogP contribution is -2.18. The second-order valence-electron chi connectivity index (χ2n) is 5.41. The molecule has 1 aliphatic heterocycles. The highest BCUT2D eigenvalue weighted by atomic mass is 79.9. The van der Waals surface area contributed by atoms with E-state index in [0.29, 0.717) is 36.0 Å². The lowest BCUT2D eigenvalue weighted by atomic mass is 10.1. The van der Waals surface area contributed by atoms with Gasteiger partial charge in [-0.25, -0.2) is 0 Å². The first-order chi connectivity index (χ1) is 11.5. The zero-order chi connectivity index (χ0) is 17.1. The van der Waals surface area contributed by atoms with Gasteiger partial charge < -0.3 is 14.8 Å². The van der Waals surface area contributed by atoms with Gasteiger partial charge in [0.25, 0.3) is 0 Å². The lowest BCUT2D eigenvalue weighted by molar-refractivity contribution is -0.115. The first-order valence-electron chi connectivity index (χ1n) is 7.52. The molecule has 1 heterocycles. The lowest BCUT2D eigenvalue weighted by Gasteiger charge is -2.20. The zero-order valence-corrected chi connectivity index (χ0v) is 14.7. The Morgan fingerprint density at radius 1 is 1.12 bits per heavy atom. The number of ketones is 1. The summed E-state index contributed by atoms with van der Waals surface area (Å²) >= 11 is 3.46. The Bertz CT molecular complexity index is 804. The minimum atomic E-state index is -0.207. The normalized spacial score (nSPS) is 12.6. The number of benzene rings is 2. The van der Waals surface area contributed by atoms with Gasteiger partial charge in [0, 0.05) is 10.0 Å². The van der Waals surface area contributed by atoms with Crippen LogP contribution in [-0.2, 0) is 11.2 Å². The van der Waals surface area contributed by atoms with Gasteiger partial charge >= 0.3 is 0 Å². The fourth-order valence-corrected chi connectivity index (χ4v) is 2.97. The van der Waals surface area contributed by atoms with Crippen LogP contribution >= 0.6 is 15.9 Å². The fourth-order valence-electron chi connectivity index (χ4n) is 2.51. The van der Waals surface area contributed by atoms with E-state index < -0.39 is 0 Å². The Labute approximate surface area is 148 Å². The summed E-state index contributed by atoms with van der Waals surface area (Å²) in [7, 11) is 0. The van der Waals surface area contributed by atoms with Crippen molar-refractivity contribution in [1.29, 1.82) is 0 Å². The molecule has 0 aromatic heterocycles. The van der Waals surface area contributed by atoms with Crippen LogP contribution in [0.2, 0.25) is 0 Å². The predicted octanol–water partition coefficient (Wildman–Crippen LogP) is 3.60. The van der Waals surface area contributed by atoms with Crippen molar-refractivity contribution in [2.45, 2.75) is 13.3 Å². The molecule has 0 saturated heterocycles. The minimum absolute atomic E-state index is 0.0913. The van der Waals surface area contributed by atoms with Crippen LogP contribution in [-0.4, -0.2) is 24.9 Å². The summed E-state index contributed by atoms with van der Waals surface area (Å²) in [4.78, 5) is 24.0. The van der Waals surface area contributed by atoms with E-state index in [9.17, 15) is 9.59 Å². The van der Waals surface area contributed by atoms with Crippen LogP contribution in [0, 0.1) is 0 Å². The third-order valence-corrected chi connectivity index (χ3v) is 4.38. The number of fused-ring (bicyclic) bond motifs is 1. The molecule has 24 heavy (non-hydrogen) atoms. The average Bonchev–Trinajstić information content (AvgIpc) is 2.55. The summed E-state index contributed by atoms with van der Waals surface area (Å²) < 4.78 is 11.8. The highest BCUT2D eigenvalue weighted by Crippen LogP contribution is 2.35. The summed E-state index contributed by atoms with van der Waals surface area (Å²) in [5.74, 6) is 1.00. The average molecular weight is 390 g/mol. The van der Waals surface area contributed by atoms with Crippen molar-refractivity contribution in [2.24, 2.45) is 0 Å². The van der Waals surface area contributed by atoms with Crippen LogP contribution in [0.25, 0.3) is 0 Å². The van der Waals surface area contributed by atoms with Crippen molar-refractivity contribution in [3.8, 4) is 11.5 Å². The minimum Gasteiger partial charge on any atom is -0.486 e. The largest absolute Gasteiger partial charge is 0.486 e. The fraction of sp³-hybridized carbons (Fsp3) is 0.222. The van der Waals surface area contributed by atoms with E-state index in [0.717, 1.165) is 10.0 Å². The first kappa shape index (κ1) is 16.5. The molecule has 1 aliphatic rings. The molecule has 2 aromatic carbocycles. The number of rotatable bonds is 4. The number of para-hydroxylation sites is 1.